The topological polar surface area (TPSA) is 38.3 Å². The Kier molecular flexibility index (Phi) is 4.22. The van der Waals surface area contributed by atoms with Gasteiger partial charge in [0.15, 0.2) is 0 Å². The molecule has 1 aliphatic carbocycles. The summed E-state index contributed by atoms with van der Waals surface area (Å²) in [4.78, 5) is 12.4. The van der Waals surface area contributed by atoms with Gasteiger partial charge in [-0.25, -0.2) is 0 Å². The predicted octanol–water partition coefficient (Wildman–Crippen LogP) is 3.85. The molecular weight excluding hydrogens is 297 g/mol. The van der Waals surface area contributed by atoms with Crippen LogP contribution in [0.1, 0.15) is 38.3 Å². The zero-order chi connectivity index (χ0) is 15.0. The number of methoxy groups -OCH3 is 1. The molecule has 0 saturated heterocycles. The molecule has 1 aromatic rings. The third kappa shape index (κ3) is 2.61. The fraction of sp³-hybridized carbons (Fsp3) is 0.533. The first-order chi connectivity index (χ1) is 9.35. The average molecular weight is 316 g/mol. The van der Waals surface area contributed by atoms with E-state index in [9.17, 15) is 4.79 Å². The Balaban J connectivity index is 2.16. The third-order valence-corrected chi connectivity index (χ3v) is 5.09. The molecule has 1 aliphatic rings. The molecule has 1 fully saturated rings. The van der Waals surface area contributed by atoms with Gasteiger partial charge in [-0.2, -0.15) is 0 Å². The largest absolute Gasteiger partial charge is 0.496 e. The summed E-state index contributed by atoms with van der Waals surface area (Å²) in [6.45, 7) is 3.80. The van der Waals surface area contributed by atoms with Crippen molar-refractivity contribution in [3.05, 3.63) is 29.8 Å². The van der Waals surface area contributed by atoms with Gasteiger partial charge in [-0.3, -0.25) is 4.79 Å². The lowest BCUT2D eigenvalue weighted by Crippen LogP contribution is -2.36. The number of carbonyl (C=O) groups is 1. The third-order valence-electron chi connectivity index (χ3n) is 3.99. The Morgan fingerprint density at radius 1 is 1.45 bits per heavy atom. The Morgan fingerprint density at radius 3 is 2.55 bits per heavy atom. The number of hydrogen-bond donors (Lipinski definition) is 1. The molecule has 0 aromatic heterocycles. The number of para-hydroxylation sites is 1. The van der Waals surface area contributed by atoms with Crippen molar-refractivity contribution < 1.29 is 9.53 Å². The van der Waals surface area contributed by atoms with Crippen LogP contribution in [0, 0.1) is 5.41 Å². The molecule has 1 saturated carbocycles. The highest BCUT2D eigenvalue weighted by Gasteiger charge is 2.68. The number of ether oxygens (including phenoxy) is 1. The normalized spacial score (nSPS) is 24.9. The first-order valence-electron chi connectivity index (χ1n) is 6.67. The van der Waals surface area contributed by atoms with Crippen LogP contribution in [0.4, 0.5) is 0 Å². The summed E-state index contributed by atoms with van der Waals surface area (Å²) >= 11 is 12.1. The van der Waals surface area contributed by atoms with Gasteiger partial charge in [-0.05, 0) is 25.8 Å². The van der Waals surface area contributed by atoms with Gasteiger partial charge in [-0.1, -0.05) is 25.1 Å². The summed E-state index contributed by atoms with van der Waals surface area (Å²) in [6, 6.07) is 7.56. The minimum atomic E-state index is -0.948. The molecule has 20 heavy (non-hydrogen) atoms. The minimum absolute atomic E-state index is 0.111. The van der Waals surface area contributed by atoms with Gasteiger partial charge in [0.05, 0.1) is 18.6 Å². The predicted molar refractivity (Wildman–Crippen MR) is 81.3 cm³/mol. The fourth-order valence-corrected chi connectivity index (χ4v) is 3.02. The summed E-state index contributed by atoms with van der Waals surface area (Å²) in [6.07, 6.45) is 1.25. The number of benzene rings is 1. The summed E-state index contributed by atoms with van der Waals surface area (Å²) in [7, 11) is 1.62. The van der Waals surface area contributed by atoms with E-state index >= 15 is 0 Å². The lowest BCUT2D eigenvalue weighted by atomic mass is 10.0. The maximum Gasteiger partial charge on any atom is 0.229 e. The molecule has 0 unspecified atom stereocenters. The number of halogens is 2. The number of hydrogen-bond acceptors (Lipinski definition) is 2. The quantitative estimate of drug-likeness (QED) is 0.838. The Bertz CT molecular complexity index is 518. The van der Waals surface area contributed by atoms with Crippen LogP contribution in [0.3, 0.4) is 0 Å². The monoisotopic (exact) mass is 315 g/mol. The van der Waals surface area contributed by atoms with Crippen LogP contribution in [-0.2, 0) is 4.79 Å². The second-order valence-corrected chi connectivity index (χ2v) is 6.87. The molecule has 1 N–H and O–H groups in total. The van der Waals surface area contributed by atoms with E-state index < -0.39 is 9.75 Å². The molecule has 3 nitrogen and oxygen atoms in total. The van der Waals surface area contributed by atoms with Crippen LogP contribution in [0.15, 0.2) is 24.3 Å². The van der Waals surface area contributed by atoms with Gasteiger partial charge in [0, 0.05) is 5.56 Å². The van der Waals surface area contributed by atoms with Crippen LogP contribution < -0.4 is 10.1 Å². The van der Waals surface area contributed by atoms with Crippen molar-refractivity contribution in [2.45, 2.75) is 37.1 Å². The fourth-order valence-electron chi connectivity index (χ4n) is 2.32. The molecule has 5 heteroatoms. The highest BCUT2D eigenvalue weighted by molar-refractivity contribution is 6.53. The highest BCUT2D eigenvalue weighted by atomic mass is 35.5. The van der Waals surface area contributed by atoms with Crippen molar-refractivity contribution in [2.24, 2.45) is 5.41 Å². The van der Waals surface area contributed by atoms with E-state index in [0.29, 0.717) is 6.42 Å². The number of alkyl halides is 2. The smallest absolute Gasteiger partial charge is 0.229 e. The van der Waals surface area contributed by atoms with Crippen molar-refractivity contribution >= 4 is 29.1 Å². The van der Waals surface area contributed by atoms with Gasteiger partial charge in [0.1, 0.15) is 10.1 Å². The molecule has 2 atom stereocenters. The van der Waals surface area contributed by atoms with Crippen LogP contribution in [0.5, 0.6) is 5.75 Å². The van der Waals surface area contributed by atoms with Crippen molar-refractivity contribution in [1.82, 2.24) is 5.32 Å². The number of rotatable bonds is 5. The maximum atomic E-state index is 12.4. The van der Waals surface area contributed by atoms with Gasteiger partial charge in [-0.15, -0.1) is 23.2 Å². The molecule has 2 rings (SSSR count). The molecule has 1 aromatic carbocycles. The van der Waals surface area contributed by atoms with Gasteiger partial charge >= 0.3 is 0 Å². The number of amides is 1. The molecular formula is C15H19Cl2NO2. The highest BCUT2D eigenvalue weighted by Crippen LogP contribution is 2.64. The molecule has 1 amide bonds. The Hall–Kier alpha value is -0.930. The lowest BCUT2D eigenvalue weighted by molar-refractivity contribution is -0.126. The maximum absolute atomic E-state index is 12.4. The SMILES string of the molecule is CC[C@@H](NC(=O)[C@@]1(C)CC1(Cl)Cl)c1ccccc1OC. The molecule has 0 aliphatic heterocycles. The van der Waals surface area contributed by atoms with E-state index in [4.69, 9.17) is 27.9 Å². The van der Waals surface area contributed by atoms with Gasteiger partial charge in [0.2, 0.25) is 5.91 Å². The summed E-state index contributed by atoms with van der Waals surface area (Å²) in [5.74, 6) is 0.656. The Labute approximate surface area is 129 Å². The van der Waals surface area contributed by atoms with Crippen LogP contribution in [-0.4, -0.2) is 17.4 Å². The second-order valence-electron chi connectivity index (χ2n) is 5.39. The lowest BCUT2D eigenvalue weighted by Gasteiger charge is -2.22. The van der Waals surface area contributed by atoms with E-state index in [1.165, 1.54) is 0 Å². The van der Waals surface area contributed by atoms with E-state index in [-0.39, 0.29) is 11.9 Å². The molecule has 0 bridgehead atoms. The van der Waals surface area contributed by atoms with Crippen molar-refractivity contribution in [1.29, 1.82) is 0 Å². The summed E-state index contributed by atoms with van der Waals surface area (Å²) in [5.41, 5.74) is 0.260. The summed E-state index contributed by atoms with van der Waals surface area (Å²) < 4.78 is 4.40. The van der Waals surface area contributed by atoms with Crippen LogP contribution in [0.25, 0.3) is 0 Å². The van der Waals surface area contributed by atoms with Gasteiger partial charge < -0.3 is 10.1 Å². The zero-order valence-electron chi connectivity index (χ0n) is 11.9. The Morgan fingerprint density at radius 2 is 2.05 bits per heavy atom. The minimum Gasteiger partial charge on any atom is -0.496 e. The van der Waals surface area contributed by atoms with E-state index in [1.54, 1.807) is 14.0 Å². The number of carbonyl (C=O) groups excluding carboxylic acids is 1. The van der Waals surface area contributed by atoms with E-state index in [0.717, 1.165) is 17.7 Å². The number of nitrogens with one attached hydrogen (secondary N) is 1. The van der Waals surface area contributed by atoms with E-state index in [1.807, 2.05) is 31.2 Å². The molecule has 0 spiro atoms. The van der Waals surface area contributed by atoms with E-state index in [2.05, 4.69) is 5.32 Å². The van der Waals surface area contributed by atoms with Crippen molar-refractivity contribution in [3.8, 4) is 5.75 Å². The molecule has 0 heterocycles. The summed E-state index contributed by atoms with van der Waals surface area (Å²) in [5, 5.41) is 3.03. The first kappa shape index (κ1) is 15.5. The average Bonchev–Trinajstić information content (AvgIpc) is 2.96. The standard InChI is InChI=1S/C15H19Cl2NO2/c1-4-11(10-7-5-6-8-12(10)20-3)18-13(19)14(2)9-15(14,16)17/h5-8,11H,4,9H2,1-3H3,(H,18,19)/t11-,14-/m1/s1. The van der Waals surface area contributed by atoms with Crippen LogP contribution in [0.2, 0.25) is 0 Å². The second kappa shape index (κ2) is 5.45. The van der Waals surface area contributed by atoms with Gasteiger partial charge in [0.25, 0.3) is 0 Å². The van der Waals surface area contributed by atoms with Crippen molar-refractivity contribution in [3.63, 3.8) is 0 Å². The molecule has 0 radical (unpaired) electrons. The molecule has 110 valence electrons. The first-order valence-corrected chi connectivity index (χ1v) is 7.43. The van der Waals surface area contributed by atoms with Crippen molar-refractivity contribution in [2.75, 3.05) is 7.11 Å². The van der Waals surface area contributed by atoms with Crippen LogP contribution >= 0.6 is 23.2 Å². The zero-order valence-corrected chi connectivity index (χ0v) is 13.4.